The van der Waals surface area contributed by atoms with Crippen molar-refractivity contribution in [2.24, 2.45) is 17.3 Å². The van der Waals surface area contributed by atoms with Crippen LogP contribution in [0, 0.1) is 17.3 Å². The molecule has 0 aromatic heterocycles. The van der Waals surface area contributed by atoms with E-state index in [0.717, 1.165) is 6.42 Å². The second-order valence-electron chi connectivity index (χ2n) is 4.96. The Morgan fingerprint density at radius 2 is 2.07 bits per heavy atom. The zero-order chi connectivity index (χ0) is 10.9. The number of esters is 1. The third-order valence-corrected chi connectivity index (χ3v) is 3.55. The SMILES string of the molecule is C=C(C)[C@H]1C[C@H](COC(C)=O)C1(C)C. The van der Waals surface area contributed by atoms with E-state index in [4.69, 9.17) is 4.74 Å². The molecule has 0 radical (unpaired) electrons. The largest absolute Gasteiger partial charge is 0.466 e. The van der Waals surface area contributed by atoms with Crippen molar-refractivity contribution >= 4 is 5.97 Å². The van der Waals surface area contributed by atoms with Crippen LogP contribution in [0.2, 0.25) is 0 Å². The molecular weight excluding hydrogens is 176 g/mol. The highest BCUT2D eigenvalue weighted by atomic mass is 16.5. The molecule has 0 N–H and O–H groups in total. The molecule has 1 rings (SSSR count). The fourth-order valence-electron chi connectivity index (χ4n) is 2.35. The molecule has 1 aliphatic rings. The van der Waals surface area contributed by atoms with E-state index in [1.54, 1.807) is 0 Å². The van der Waals surface area contributed by atoms with E-state index >= 15 is 0 Å². The quantitative estimate of drug-likeness (QED) is 0.512. The van der Waals surface area contributed by atoms with Crippen LogP contribution in [0.15, 0.2) is 12.2 Å². The zero-order valence-electron chi connectivity index (χ0n) is 9.59. The second-order valence-corrected chi connectivity index (χ2v) is 4.96. The van der Waals surface area contributed by atoms with E-state index in [1.165, 1.54) is 12.5 Å². The maximum Gasteiger partial charge on any atom is 0.302 e. The minimum absolute atomic E-state index is 0.181. The van der Waals surface area contributed by atoms with Gasteiger partial charge < -0.3 is 4.74 Å². The first kappa shape index (κ1) is 11.3. The van der Waals surface area contributed by atoms with Crippen molar-refractivity contribution in [3.05, 3.63) is 12.2 Å². The summed E-state index contributed by atoms with van der Waals surface area (Å²) < 4.78 is 5.04. The molecule has 1 saturated carbocycles. The average molecular weight is 196 g/mol. The van der Waals surface area contributed by atoms with Crippen molar-refractivity contribution in [1.82, 2.24) is 0 Å². The highest BCUT2D eigenvalue weighted by Crippen LogP contribution is 2.54. The number of carbonyl (C=O) groups excluding carboxylic acids is 1. The van der Waals surface area contributed by atoms with Crippen LogP contribution in [0.5, 0.6) is 0 Å². The van der Waals surface area contributed by atoms with Crippen molar-refractivity contribution in [3.63, 3.8) is 0 Å². The number of allylic oxidation sites excluding steroid dienone is 1. The van der Waals surface area contributed by atoms with Gasteiger partial charge in [-0.05, 0) is 30.6 Å². The Labute approximate surface area is 86.3 Å². The maximum absolute atomic E-state index is 10.7. The van der Waals surface area contributed by atoms with Gasteiger partial charge in [-0.2, -0.15) is 0 Å². The zero-order valence-corrected chi connectivity index (χ0v) is 9.59. The van der Waals surface area contributed by atoms with Gasteiger partial charge >= 0.3 is 5.97 Å². The van der Waals surface area contributed by atoms with E-state index in [0.29, 0.717) is 18.4 Å². The molecule has 2 atom stereocenters. The van der Waals surface area contributed by atoms with Gasteiger partial charge in [0.05, 0.1) is 6.61 Å². The maximum atomic E-state index is 10.7. The van der Waals surface area contributed by atoms with Crippen LogP contribution in [0.25, 0.3) is 0 Å². The van der Waals surface area contributed by atoms with Gasteiger partial charge in [-0.15, -0.1) is 0 Å². The number of carbonyl (C=O) groups is 1. The summed E-state index contributed by atoms with van der Waals surface area (Å²) in [6.07, 6.45) is 1.11. The van der Waals surface area contributed by atoms with Gasteiger partial charge in [0.1, 0.15) is 0 Å². The Kier molecular flexibility index (Phi) is 3.03. The molecule has 0 heterocycles. The van der Waals surface area contributed by atoms with Crippen LogP contribution in [-0.4, -0.2) is 12.6 Å². The predicted molar refractivity (Wildman–Crippen MR) is 56.8 cm³/mol. The standard InChI is InChI=1S/C12H20O2/c1-8(2)11-6-10(12(11,4)5)7-14-9(3)13/h10-11H,1,6-7H2,2-5H3/t10-,11-/m1/s1. The second kappa shape index (κ2) is 3.76. The molecular formula is C12H20O2. The first-order chi connectivity index (χ1) is 6.35. The van der Waals surface area contributed by atoms with Crippen molar-refractivity contribution < 1.29 is 9.53 Å². The lowest BCUT2D eigenvalue weighted by Gasteiger charge is -2.52. The molecule has 2 heteroatoms. The molecule has 0 aromatic carbocycles. The lowest BCUT2D eigenvalue weighted by Crippen LogP contribution is -2.47. The summed E-state index contributed by atoms with van der Waals surface area (Å²) >= 11 is 0. The molecule has 0 saturated heterocycles. The molecule has 1 fully saturated rings. The van der Waals surface area contributed by atoms with E-state index in [9.17, 15) is 4.79 Å². The molecule has 1 aliphatic carbocycles. The molecule has 14 heavy (non-hydrogen) atoms. The average Bonchev–Trinajstić information content (AvgIpc) is 2.00. The molecule has 0 unspecified atom stereocenters. The van der Waals surface area contributed by atoms with Gasteiger partial charge in [-0.1, -0.05) is 26.0 Å². The van der Waals surface area contributed by atoms with Crippen LogP contribution < -0.4 is 0 Å². The Morgan fingerprint density at radius 1 is 1.50 bits per heavy atom. The predicted octanol–water partition coefficient (Wildman–Crippen LogP) is 2.79. The van der Waals surface area contributed by atoms with Crippen molar-refractivity contribution in [2.75, 3.05) is 6.61 Å². The Hall–Kier alpha value is -0.790. The summed E-state index contributed by atoms with van der Waals surface area (Å²) in [5.74, 6) is 0.899. The number of rotatable bonds is 3. The van der Waals surface area contributed by atoms with Crippen molar-refractivity contribution in [3.8, 4) is 0 Å². The Bertz CT molecular complexity index is 251. The van der Waals surface area contributed by atoms with E-state index in [2.05, 4.69) is 27.4 Å². The van der Waals surface area contributed by atoms with E-state index in [1.807, 2.05) is 0 Å². The fourth-order valence-corrected chi connectivity index (χ4v) is 2.35. The molecule has 80 valence electrons. The fraction of sp³-hybridized carbons (Fsp3) is 0.750. The Morgan fingerprint density at radius 3 is 2.43 bits per heavy atom. The normalized spacial score (nSPS) is 29.1. The summed E-state index contributed by atoms with van der Waals surface area (Å²) in [7, 11) is 0. The minimum Gasteiger partial charge on any atom is -0.466 e. The highest BCUT2D eigenvalue weighted by molar-refractivity contribution is 5.65. The molecule has 0 bridgehead atoms. The first-order valence-electron chi connectivity index (χ1n) is 5.14. The third-order valence-electron chi connectivity index (χ3n) is 3.55. The minimum atomic E-state index is -0.181. The smallest absolute Gasteiger partial charge is 0.302 e. The molecule has 0 aromatic rings. The lowest BCUT2D eigenvalue weighted by atomic mass is 9.53. The van der Waals surface area contributed by atoms with Gasteiger partial charge in [0.15, 0.2) is 0 Å². The third kappa shape index (κ3) is 1.99. The first-order valence-corrected chi connectivity index (χ1v) is 5.14. The molecule has 0 amide bonds. The van der Waals surface area contributed by atoms with Gasteiger partial charge in [-0.25, -0.2) is 0 Å². The number of hydrogen-bond donors (Lipinski definition) is 0. The molecule has 0 spiro atoms. The van der Waals surface area contributed by atoms with Crippen LogP contribution in [0.4, 0.5) is 0 Å². The lowest BCUT2D eigenvalue weighted by molar-refractivity contribution is -0.147. The summed E-state index contributed by atoms with van der Waals surface area (Å²) in [6, 6.07) is 0. The highest BCUT2D eigenvalue weighted by Gasteiger charge is 2.48. The van der Waals surface area contributed by atoms with Gasteiger partial charge in [0, 0.05) is 6.92 Å². The number of hydrogen-bond acceptors (Lipinski definition) is 2. The monoisotopic (exact) mass is 196 g/mol. The topological polar surface area (TPSA) is 26.3 Å². The van der Waals surface area contributed by atoms with Crippen molar-refractivity contribution in [1.29, 1.82) is 0 Å². The van der Waals surface area contributed by atoms with E-state index < -0.39 is 0 Å². The van der Waals surface area contributed by atoms with Crippen LogP contribution in [0.1, 0.15) is 34.1 Å². The summed E-state index contributed by atoms with van der Waals surface area (Å²) in [4.78, 5) is 10.7. The molecule has 0 aliphatic heterocycles. The van der Waals surface area contributed by atoms with E-state index in [-0.39, 0.29) is 11.4 Å². The number of ether oxygens (including phenoxy) is 1. The summed E-state index contributed by atoms with van der Waals surface area (Å²) in [5.41, 5.74) is 1.48. The summed E-state index contributed by atoms with van der Waals surface area (Å²) in [6.45, 7) is 12.5. The molecule has 2 nitrogen and oxygen atoms in total. The van der Waals surface area contributed by atoms with Crippen molar-refractivity contribution in [2.45, 2.75) is 34.1 Å². The van der Waals surface area contributed by atoms with Gasteiger partial charge in [0.2, 0.25) is 0 Å². The summed E-state index contributed by atoms with van der Waals surface area (Å²) in [5, 5.41) is 0. The van der Waals surface area contributed by atoms with Crippen LogP contribution in [-0.2, 0) is 9.53 Å². The van der Waals surface area contributed by atoms with Gasteiger partial charge in [-0.3, -0.25) is 4.79 Å². The van der Waals surface area contributed by atoms with Crippen LogP contribution in [0.3, 0.4) is 0 Å². The van der Waals surface area contributed by atoms with Gasteiger partial charge in [0.25, 0.3) is 0 Å². The van der Waals surface area contributed by atoms with Crippen LogP contribution >= 0.6 is 0 Å². The Balaban J connectivity index is 2.46.